The highest BCUT2D eigenvalue weighted by molar-refractivity contribution is 6.01. The Morgan fingerprint density at radius 1 is 0.938 bits per heavy atom. The average molecular weight is 216 g/mol. The zero-order valence-corrected chi connectivity index (χ0v) is 8.25. The van der Waals surface area contributed by atoms with Crippen LogP contribution in [0.25, 0.3) is 0 Å². The van der Waals surface area contributed by atoms with Crippen LogP contribution in [-0.4, -0.2) is 11.9 Å². The quantitative estimate of drug-likeness (QED) is 0.570. The van der Waals surface area contributed by atoms with Crippen LogP contribution in [0.5, 0.6) is 0 Å². The number of hydrogen-bond acceptors (Lipinski definition) is 4. The van der Waals surface area contributed by atoms with E-state index in [1.54, 1.807) is 36.4 Å². The first-order chi connectivity index (χ1) is 7.77. The number of carbonyl (C=O) groups is 2. The number of rotatable bonds is 2. The molecule has 0 atom stereocenters. The molecule has 0 aliphatic heterocycles. The van der Waals surface area contributed by atoms with E-state index < -0.39 is 11.9 Å². The zero-order chi connectivity index (χ0) is 11.4. The summed E-state index contributed by atoms with van der Waals surface area (Å²) in [4.78, 5) is 22.8. The minimum absolute atomic E-state index is 0.00396. The van der Waals surface area contributed by atoms with Gasteiger partial charge in [0.15, 0.2) is 0 Å². The third-order valence-electron chi connectivity index (χ3n) is 1.92. The maximum absolute atomic E-state index is 11.5. The van der Waals surface area contributed by atoms with E-state index in [1.807, 2.05) is 0 Å². The van der Waals surface area contributed by atoms with Crippen molar-refractivity contribution in [2.24, 2.45) is 0 Å². The van der Waals surface area contributed by atoms with Crippen molar-refractivity contribution in [3.05, 3.63) is 60.1 Å². The standard InChI is InChI=1S/C12H8O4/c13-11(9-5-2-1-3-6-9)16-12(14)10-7-4-8-15-10/h1-8H. The molecule has 0 amide bonds. The molecule has 0 N–H and O–H groups in total. The number of furan rings is 1. The summed E-state index contributed by atoms with van der Waals surface area (Å²) in [6.45, 7) is 0. The minimum Gasteiger partial charge on any atom is -0.457 e. The fourth-order valence-corrected chi connectivity index (χ4v) is 1.16. The summed E-state index contributed by atoms with van der Waals surface area (Å²) in [6.07, 6.45) is 1.34. The molecule has 0 spiro atoms. The lowest BCUT2D eigenvalue weighted by molar-refractivity contribution is 0.0375. The normalized spacial score (nSPS) is 9.75. The Bertz CT molecular complexity index is 485. The van der Waals surface area contributed by atoms with Crippen LogP contribution in [-0.2, 0) is 4.74 Å². The second-order valence-electron chi connectivity index (χ2n) is 3.02. The molecule has 0 radical (unpaired) electrons. The summed E-state index contributed by atoms with van der Waals surface area (Å²) in [5.74, 6) is -1.48. The van der Waals surface area contributed by atoms with Crippen molar-refractivity contribution in [2.45, 2.75) is 0 Å². The molecule has 0 saturated carbocycles. The molecule has 0 bridgehead atoms. The Kier molecular flexibility index (Phi) is 2.82. The Morgan fingerprint density at radius 3 is 2.31 bits per heavy atom. The zero-order valence-electron chi connectivity index (χ0n) is 8.25. The SMILES string of the molecule is O=C(OC(=O)c1ccco1)c1ccccc1. The van der Waals surface area contributed by atoms with Gasteiger partial charge in [-0.05, 0) is 24.3 Å². The first kappa shape index (κ1) is 10.2. The summed E-state index contributed by atoms with van der Waals surface area (Å²) in [6, 6.07) is 11.3. The molecule has 1 heterocycles. The predicted molar refractivity (Wildman–Crippen MR) is 54.9 cm³/mol. The molecule has 1 aromatic heterocycles. The molecular formula is C12H8O4. The van der Waals surface area contributed by atoms with Gasteiger partial charge in [0, 0.05) is 0 Å². The second-order valence-corrected chi connectivity index (χ2v) is 3.02. The molecule has 16 heavy (non-hydrogen) atoms. The van der Waals surface area contributed by atoms with Crippen LogP contribution in [0, 0.1) is 0 Å². The van der Waals surface area contributed by atoms with Crippen molar-refractivity contribution in [3.63, 3.8) is 0 Å². The maximum Gasteiger partial charge on any atom is 0.382 e. The molecule has 0 saturated heterocycles. The van der Waals surface area contributed by atoms with Crippen molar-refractivity contribution in [1.29, 1.82) is 0 Å². The number of ether oxygens (including phenoxy) is 1. The van der Waals surface area contributed by atoms with Crippen molar-refractivity contribution in [1.82, 2.24) is 0 Å². The van der Waals surface area contributed by atoms with E-state index >= 15 is 0 Å². The Hall–Kier alpha value is -2.36. The van der Waals surface area contributed by atoms with Gasteiger partial charge in [-0.25, -0.2) is 9.59 Å². The predicted octanol–water partition coefficient (Wildman–Crippen LogP) is 2.28. The van der Waals surface area contributed by atoms with E-state index in [-0.39, 0.29) is 5.76 Å². The molecule has 80 valence electrons. The minimum atomic E-state index is -0.793. The van der Waals surface area contributed by atoms with E-state index in [0.29, 0.717) is 5.56 Å². The third-order valence-corrected chi connectivity index (χ3v) is 1.92. The van der Waals surface area contributed by atoms with Gasteiger partial charge in [-0.1, -0.05) is 18.2 Å². The van der Waals surface area contributed by atoms with Crippen molar-refractivity contribution < 1.29 is 18.7 Å². The third kappa shape index (κ3) is 2.17. The van der Waals surface area contributed by atoms with Gasteiger partial charge in [-0.15, -0.1) is 0 Å². The largest absolute Gasteiger partial charge is 0.457 e. The lowest BCUT2D eigenvalue weighted by Crippen LogP contribution is -2.11. The second kappa shape index (κ2) is 4.44. The topological polar surface area (TPSA) is 56.5 Å². The Balaban J connectivity index is 2.06. The fourth-order valence-electron chi connectivity index (χ4n) is 1.16. The van der Waals surface area contributed by atoms with E-state index in [9.17, 15) is 9.59 Å². The first-order valence-electron chi connectivity index (χ1n) is 4.62. The van der Waals surface area contributed by atoms with Gasteiger partial charge in [0.05, 0.1) is 11.8 Å². The van der Waals surface area contributed by atoms with Crippen molar-refractivity contribution in [2.75, 3.05) is 0 Å². The smallest absolute Gasteiger partial charge is 0.382 e. The monoisotopic (exact) mass is 216 g/mol. The first-order valence-corrected chi connectivity index (χ1v) is 4.62. The highest BCUT2D eigenvalue weighted by Gasteiger charge is 2.16. The molecule has 0 aliphatic rings. The number of benzene rings is 1. The number of esters is 2. The summed E-state index contributed by atoms with van der Waals surface area (Å²) >= 11 is 0. The molecule has 0 aliphatic carbocycles. The molecule has 1 aromatic carbocycles. The van der Waals surface area contributed by atoms with Crippen LogP contribution < -0.4 is 0 Å². The summed E-state index contributed by atoms with van der Waals surface area (Å²) < 4.78 is 9.41. The molecule has 2 rings (SSSR count). The molecule has 2 aromatic rings. The Labute approximate surface area is 91.4 Å². The van der Waals surface area contributed by atoms with Crippen molar-refractivity contribution >= 4 is 11.9 Å². The van der Waals surface area contributed by atoms with E-state index in [0.717, 1.165) is 0 Å². The Morgan fingerprint density at radius 2 is 1.69 bits per heavy atom. The average Bonchev–Trinajstić information content (AvgIpc) is 2.83. The van der Waals surface area contributed by atoms with Crippen LogP contribution in [0.1, 0.15) is 20.9 Å². The molecule has 0 unspecified atom stereocenters. The maximum atomic E-state index is 11.5. The van der Waals surface area contributed by atoms with Gasteiger partial charge in [-0.2, -0.15) is 0 Å². The van der Waals surface area contributed by atoms with Crippen LogP contribution in [0.15, 0.2) is 53.1 Å². The molecule has 4 heteroatoms. The highest BCUT2D eigenvalue weighted by atomic mass is 16.6. The summed E-state index contributed by atoms with van der Waals surface area (Å²) in [5.41, 5.74) is 0.322. The summed E-state index contributed by atoms with van der Waals surface area (Å²) in [5, 5.41) is 0. The van der Waals surface area contributed by atoms with Crippen molar-refractivity contribution in [3.8, 4) is 0 Å². The van der Waals surface area contributed by atoms with E-state index in [4.69, 9.17) is 4.42 Å². The highest BCUT2D eigenvalue weighted by Crippen LogP contribution is 2.06. The van der Waals surface area contributed by atoms with Gasteiger partial charge >= 0.3 is 11.9 Å². The van der Waals surface area contributed by atoms with Crippen LogP contribution in [0.4, 0.5) is 0 Å². The van der Waals surface area contributed by atoms with Gasteiger partial charge in [0.1, 0.15) is 0 Å². The van der Waals surface area contributed by atoms with E-state index in [2.05, 4.69) is 4.74 Å². The van der Waals surface area contributed by atoms with Gasteiger partial charge < -0.3 is 9.15 Å². The fraction of sp³-hybridized carbons (Fsp3) is 0. The molecular weight excluding hydrogens is 208 g/mol. The van der Waals surface area contributed by atoms with Crippen LogP contribution in [0.2, 0.25) is 0 Å². The van der Waals surface area contributed by atoms with Crippen LogP contribution >= 0.6 is 0 Å². The molecule has 0 fully saturated rings. The summed E-state index contributed by atoms with van der Waals surface area (Å²) in [7, 11) is 0. The molecule has 4 nitrogen and oxygen atoms in total. The van der Waals surface area contributed by atoms with Crippen LogP contribution in [0.3, 0.4) is 0 Å². The van der Waals surface area contributed by atoms with E-state index in [1.165, 1.54) is 12.3 Å². The van der Waals surface area contributed by atoms with Gasteiger partial charge in [0.2, 0.25) is 5.76 Å². The van der Waals surface area contributed by atoms with Gasteiger partial charge in [0.25, 0.3) is 0 Å². The number of carbonyl (C=O) groups excluding carboxylic acids is 2. The number of hydrogen-bond donors (Lipinski definition) is 0. The lowest BCUT2D eigenvalue weighted by atomic mass is 10.2. The lowest BCUT2D eigenvalue weighted by Gasteiger charge is -2.00. The van der Waals surface area contributed by atoms with Gasteiger partial charge in [-0.3, -0.25) is 0 Å².